The molecular formula is C26H27N5O4S2. The van der Waals surface area contributed by atoms with Crippen LogP contribution in [0, 0.1) is 6.92 Å². The lowest BCUT2D eigenvalue weighted by Crippen LogP contribution is -2.24. The number of H-pyrrole nitrogens is 1. The van der Waals surface area contributed by atoms with Gasteiger partial charge in [0, 0.05) is 4.88 Å². The van der Waals surface area contributed by atoms with E-state index in [1.165, 1.54) is 17.5 Å². The van der Waals surface area contributed by atoms with Crippen LogP contribution >= 0.6 is 23.1 Å². The number of hydrogen-bond donors (Lipinski definition) is 2. The Balaban J connectivity index is 1.40. The number of amides is 1. The number of carbonyl (C=O) groups excluding carboxylic acids is 2. The monoisotopic (exact) mass is 537 g/mol. The van der Waals surface area contributed by atoms with Gasteiger partial charge in [0.2, 0.25) is 5.91 Å². The summed E-state index contributed by atoms with van der Waals surface area (Å²) in [6.45, 7) is 5.73. The minimum absolute atomic E-state index is 0.268. The van der Waals surface area contributed by atoms with E-state index in [1.54, 1.807) is 18.5 Å². The lowest BCUT2D eigenvalue weighted by molar-refractivity contribution is -0.115. The zero-order valence-electron chi connectivity index (χ0n) is 20.8. The Morgan fingerprint density at radius 1 is 1.27 bits per heavy atom. The van der Waals surface area contributed by atoms with Crippen molar-refractivity contribution in [2.75, 3.05) is 11.9 Å². The summed E-state index contributed by atoms with van der Waals surface area (Å²) in [5.41, 5.74) is 3.38. The first-order valence-corrected chi connectivity index (χ1v) is 13.9. The van der Waals surface area contributed by atoms with Gasteiger partial charge in [0.1, 0.15) is 10.4 Å². The first kappa shape index (κ1) is 25.2. The number of aromatic amines is 1. The second kappa shape index (κ2) is 10.5. The predicted octanol–water partition coefficient (Wildman–Crippen LogP) is 4.65. The molecule has 11 heteroatoms. The Kier molecular flexibility index (Phi) is 7.16. The van der Waals surface area contributed by atoms with E-state index in [4.69, 9.17) is 4.74 Å². The smallest absolute Gasteiger partial charge is 0.341 e. The maximum atomic E-state index is 13.2. The normalized spacial score (nSPS) is 13.8. The van der Waals surface area contributed by atoms with Crippen LogP contribution in [0.1, 0.15) is 53.1 Å². The van der Waals surface area contributed by atoms with Crippen LogP contribution in [-0.2, 0) is 22.4 Å². The fourth-order valence-electron chi connectivity index (χ4n) is 4.44. The fraction of sp³-hybridized carbons (Fsp3) is 0.346. The number of ether oxygens (including phenoxy) is 1. The molecule has 3 aromatic heterocycles. The van der Waals surface area contributed by atoms with E-state index in [9.17, 15) is 14.4 Å². The third-order valence-electron chi connectivity index (χ3n) is 6.31. The number of anilines is 1. The summed E-state index contributed by atoms with van der Waals surface area (Å²) in [7, 11) is 0. The quantitative estimate of drug-likeness (QED) is 0.200. The number of carbonyl (C=O) groups is 2. The van der Waals surface area contributed by atoms with E-state index in [1.807, 2.05) is 31.2 Å². The molecule has 5 rings (SSSR count). The number of aromatic nitrogens is 4. The number of esters is 1. The highest BCUT2D eigenvalue weighted by molar-refractivity contribution is 8.00. The van der Waals surface area contributed by atoms with Gasteiger partial charge >= 0.3 is 5.97 Å². The van der Waals surface area contributed by atoms with Crippen molar-refractivity contribution >= 4 is 51.0 Å². The van der Waals surface area contributed by atoms with E-state index >= 15 is 0 Å². The molecule has 1 unspecified atom stereocenters. The second-order valence-corrected chi connectivity index (χ2v) is 11.3. The van der Waals surface area contributed by atoms with Gasteiger partial charge in [0.15, 0.2) is 10.8 Å². The average molecular weight is 538 g/mol. The molecule has 0 radical (unpaired) electrons. The molecule has 37 heavy (non-hydrogen) atoms. The van der Waals surface area contributed by atoms with Gasteiger partial charge in [-0.3, -0.25) is 9.59 Å². The van der Waals surface area contributed by atoms with Gasteiger partial charge in [0.25, 0.3) is 5.56 Å². The first-order chi connectivity index (χ1) is 17.9. The summed E-state index contributed by atoms with van der Waals surface area (Å²) in [6, 6.07) is 7.71. The molecule has 1 amide bonds. The number of nitrogens with one attached hydrogen (secondary N) is 2. The fourth-order valence-corrected chi connectivity index (χ4v) is 6.51. The third kappa shape index (κ3) is 4.93. The highest BCUT2D eigenvalue weighted by Crippen LogP contribution is 2.39. The number of fused-ring (bicyclic) bond motifs is 2. The van der Waals surface area contributed by atoms with Crippen LogP contribution in [0.25, 0.3) is 16.7 Å². The van der Waals surface area contributed by atoms with Crippen LogP contribution in [0.15, 0.2) is 40.4 Å². The van der Waals surface area contributed by atoms with Gasteiger partial charge < -0.3 is 15.0 Å². The van der Waals surface area contributed by atoms with Crippen LogP contribution in [0.2, 0.25) is 0 Å². The second-order valence-electron chi connectivity index (χ2n) is 8.84. The molecule has 2 N–H and O–H groups in total. The zero-order valence-corrected chi connectivity index (χ0v) is 22.4. The summed E-state index contributed by atoms with van der Waals surface area (Å²) in [5.74, 6) is -0.692. The Morgan fingerprint density at radius 2 is 2.05 bits per heavy atom. The molecule has 1 aromatic carbocycles. The number of aryl methyl sites for hydroxylation is 2. The van der Waals surface area contributed by atoms with Gasteiger partial charge in [-0.15, -0.1) is 11.3 Å². The first-order valence-electron chi connectivity index (χ1n) is 12.2. The highest BCUT2D eigenvalue weighted by Gasteiger charge is 2.28. The predicted molar refractivity (Wildman–Crippen MR) is 145 cm³/mol. The van der Waals surface area contributed by atoms with Gasteiger partial charge in [0.05, 0.1) is 29.3 Å². The Bertz CT molecular complexity index is 1550. The number of thiophene rings is 1. The third-order valence-corrected chi connectivity index (χ3v) is 8.50. The van der Waals surface area contributed by atoms with E-state index < -0.39 is 11.2 Å². The molecule has 0 saturated carbocycles. The molecule has 0 spiro atoms. The van der Waals surface area contributed by atoms with E-state index in [0.717, 1.165) is 59.1 Å². The molecule has 4 aromatic rings. The van der Waals surface area contributed by atoms with Crippen molar-refractivity contribution < 1.29 is 14.3 Å². The van der Waals surface area contributed by atoms with Gasteiger partial charge in [-0.05, 0) is 63.6 Å². The molecular weight excluding hydrogens is 510 g/mol. The van der Waals surface area contributed by atoms with Crippen molar-refractivity contribution in [2.24, 2.45) is 0 Å². The molecule has 0 saturated heterocycles. The van der Waals surface area contributed by atoms with Crippen molar-refractivity contribution in [3.05, 3.63) is 62.4 Å². The zero-order chi connectivity index (χ0) is 26.1. The topological polar surface area (TPSA) is 119 Å². The number of benzene rings is 1. The number of nitrogens with zero attached hydrogens (tertiary/aromatic N) is 3. The number of para-hydroxylation sites is 1. The molecule has 3 heterocycles. The minimum Gasteiger partial charge on any atom is -0.462 e. The van der Waals surface area contributed by atoms with Crippen LogP contribution in [0.4, 0.5) is 5.00 Å². The molecule has 0 fully saturated rings. The molecule has 1 aliphatic carbocycles. The SMILES string of the molecule is CCOC(=O)c1c(NC(=O)C(C)Sc2nc3c(cnn3-c3ccccc3C)c(=O)[nH]2)sc2c1CCCC2. The molecule has 192 valence electrons. The summed E-state index contributed by atoms with van der Waals surface area (Å²) in [6.07, 6.45) is 5.27. The van der Waals surface area contributed by atoms with Crippen molar-refractivity contribution in [1.82, 2.24) is 19.7 Å². The molecule has 1 atom stereocenters. The van der Waals surface area contributed by atoms with Gasteiger partial charge in [-0.25, -0.2) is 14.5 Å². The van der Waals surface area contributed by atoms with E-state index in [2.05, 4.69) is 20.4 Å². The molecule has 0 aliphatic heterocycles. The van der Waals surface area contributed by atoms with Crippen molar-refractivity contribution in [3.63, 3.8) is 0 Å². The minimum atomic E-state index is -0.593. The Labute approximate surface area is 221 Å². The van der Waals surface area contributed by atoms with Crippen LogP contribution < -0.4 is 10.9 Å². The number of hydrogen-bond acceptors (Lipinski definition) is 8. The van der Waals surface area contributed by atoms with Crippen molar-refractivity contribution in [2.45, 2.75) is 56.9 Å². The molecule has 0 bridgehead atoms. The van der Waals surface area contributed by atoms with Crippen molar-refractivity contribution in [1.29, 1.82) is 0 Å². The standard InChI is InChI=1S/C26H27N5O4S2/c1-4-35-25(34)20-16-10-6-8-12-19(16)37-24(20)29-22(32)15(3)36-26-28-21-17(23(33)30-26)13-27-31(21)18-11-7-5-9-14(18)2/h5,7,9,11,13,15H,4,6,8,10,12H2,1-3H3,(H,29,32)(H,28,30,33). The summed E-state index contributed by atoms with van der Waals surface area (Å²) >= 11 is 2.59. The lowest BCUT2D eigenvalue weighted by atomic mass is 9.95. The Hall–Kier alpha value is -3.44. The highest BCUT2D eigenvalue weighted by atomic mass is 32.2. The van der Waals surface area contributed by atoms with Gasteiger partial charge in [-0.1, -0.05) is 30.0 Å². The van der Waals surface area contributed by atoms with E-state index in [0.29, 0.717) is 26.8 Å². The van der Waals surface area contributed by atoms with Crippen LogP contribution in [0.3, 0.4) is 0 Å². The Morgan fingerprint density at radius 3 is 2.84 bits per heavy atom. The lowest BCUT2D eigenvalue weighted by Gasteiger charge is -2.13. The molecule has 1 aliphatic rings. The van der Waals surface area contributed by atoms with Gasteiger partial charge in [-0.2, -0.15) is 5.10 Å². The van der Waals surface area contributed by atoms with Crippen LogP contribution in [0.5, 0.6) is 0 Å². The maximum absolute atomic E-state index is 13.2. The summed E-state index contributed by atoms with van der Waals surface area (Å²) in [4.78, 5) is 47.2. The van der Waals surface area contributed by atoms with E-state index in [-0.39, 0.29) is 18.1 Å². The molecule has 9 nitrogen and oxygen atoms in total. The van der Waals surface area contributed by atoms with Crippen LogP contribution in [-0.4, -0.2) is 43.5 Å². The summed E-state index contributed by atoms with van der Waals surface area (Å²) < 4.78 is 6.92. The number of thioether (sulfide) groups is 1. The van der Waals surface area contributed by atoms with Crippen molar-refractivity contribution in [3.8, 4) is 5.69 Å². The largest absolute Gasteiger partial charge is 0.462 e. The average Bonchev–Trinajstić information content (AvgIpc) is 3.46. The number of rotatable bonds is 7. The maximum Gasteiger partial charge on any atom is 0.341 e. The summed E-state index contributed by atoms with van der Waals surface area (Å²) in [5, 5.41) is 7.93.